The molecule has 20 heavy (non-hydrogen) atoms. The summed E-state index contributed by atoms with van der Waals surface area (Å²) in [6.45, 7) is 7.11. The van der Waals surface area contributed by atoms with Gasteiger partial charge in [-0.2, -0.15) is 5.26 Å². The highest BCUT2D eigenvalue weighted by molar-refractivity contribution is 5.99. The van der Waals surface area contributed by atoms with E-state index in [4.69, 9.17) is 0 Å². The minimum absolute atomic E-state index is 0.0213. The number of carbonyl (C=O) groups excluding carboxylic acids is 2. The van der Waals surface area contributed by atoms with Gasteiger partial charge in [0.2, 0.25) is 11.8 Å². The van der Waals surface area contributed by atoms with Gasteiger partial charge in [0, 0.05) is 6.04 Å². The minimum Gasteiger partial charge on any atom is -0.294 e. The Morgan fingerprint density at radius 3 is 2.30 bits per heavy atom. The maximum Gasteiger partial charge on any atom is 0.240 e. The SMILES string of the molecule is CC(C)(C)C1CCC(C#N)C(N2CC(=O)NC(=O)C2)C1. The van der Waals surface area contributed by atoms with Crippen LogP contribution in [0.15, 0.2) is 0 Å². The van der Waals surface area contributed by atoms with Gasteiger partial charge >= 0.3 is 0 Å². The zero-order chi connectivity index (χ0) is 14.9. The van der Waals surface area contributed by atoms with Crippen molar-refractivity contribution in [2.24, 2.45) is 17.3 Å². The topological polar surface area (TPSA) is 73.2 Å². The fraction of sp³-hybridized carbons (Fsp3) is 0.800. The summed E-state index contributed by atoms with van der Waals surface area (Å²) in [6.07, 6.45) is 2.80. The largest absolute Gasteiger partial charge is 0.294 e. The molecule has 2 amide bonds. The van der Waals surface area contributed by atoms with Gasteiger partial charge < -0.3 is 0 Å². The molecule has 2 rings (SSSR count). The number of hydrogen-bond donors (Lipinski definition) is 1. The first-order valence-corrected chi connectivity index (χ1v) is 7.27. The number of hydrogen-bond acceptors (Lipinski definition) is 4. The van der Waals surface area contributed by atoms with E-state index in [0.717, 1.165) is 19.3 Å². The van der Waals surface area contributed by atoms with Crippen LogP contribution in [-0.2, 0) is 9.59 Å². The van der Waals surface area contributed by atoms with Crippen LogP contribution in [-0.4, -0.2) is 35.8 Å². The molecular formula is C15H23N3O2. The average molecular weight is 277 g/mol. The summed E-state index contributed by atoms with van der Waals surface area (Å²) in [7, 11) is 0. The molecule has 0 aromatic carbocycles. The summed E-state index contributed by atoms with van der Waals surface area (Å²) in [4.78, 5) is 25.0. The van der Waals surface area contributed by atoms with E-state index in [1.54, 1.807) is 0 Å². The molecule has 5 heteroatoms. The average Bonchev–Trinajstić information content (AvgIpc) is 2.35. The first-order chi connectivity index (χ1) is 9.31. The number of rotatable bonds is 1. The Hall–Kier alpha value is -1.41. The molecule has 1 saturated carbocycles. The quantitative estimate of drug-likeness (QED) is 0.733. The Labute approximate surface area is 120 Å². The predicted molar refractivity (Wildman–Crippen MR) is 74.4 cm³/mol. The molecular weight excluding hydrogens is 254 g/mol. The fourth-order valence-corrected chi connectivity index (χ4v) is 3.38. The Morgan fingerprint density at radius 1 is 1.20 bits per heavy atom. The molecule has 0 spiro atoms. The van der Waals surface area contributed by atoms with Crippen LogP contribution in [0.3, 0.4) is 0 Å². The lowest BCUT2D eigenvalue weighted by Gasteiger charge is -2.44. The highest BCUT2D eigenvalue weighted by atomic mass is 16.2. The molecule has 110 valence electrons. The lowest BCUT2D eigenvalue weighted by atomic mass is 9.67. The van der Waals surface area contributed by atoms with E-state index in [0.29, 0.717) is 5.92 Å². The number of nitriles is 1. The Kier molecular flexibility index (Phi) is 4.14. The molecule has 1 saturated heterocycles. The van der Waals surface area contributed by atoms with Crippen LogP contribution in [0.1, 0.15) is 40.0 Å². The van der Waals surface area contributed by atoms with Gasteiger partial charge in [0.05, 0.1) is 25.1 Å². The summed E-state index contributed by atoms with van der Waals surface area (Å²) in [5.41, 5.74) is 0.195. The van der Waals surface area contributed by atoms with E-state index < -0.39 is 0 Å². The minimum atomic E-state index is -0.254. The second-order valence-electron chi connectivity index (χ2n) is 7.06. The molecule has 0 aromatic rings. The van der Waals surface area contributed by atoms with Crippen molar-refractivity contribution < 1.29 is 9.59 Å². The van der Waals surface area contributed by atoms with Crippen LogP contribution >= 0.6 is 0 Å². The molecule has 1 N–H and O–H groups in total. The van der Waals surface area contributed by atoms with E-state index >= 15 is 0 Å². The fourth-order valence-electron chi connectivity index (χ4n) is 3.38. The third kappa shape index (κ3) is 3.18. The predicted octanol–water partition coefficient (Wildman–Crippen LogP) is 1.30. The van der Waals surface area contributed by atoms with Crippen molar-refractivity contribution in [3.8, 4) is 6.07 Å². The Bertz CT molecular complexity index is 431. The third-order valence-corrected chi connectivity index (χ3v) is 4.65. The van der Waals surface area contributed by atoms with Crippen molar-refractivity contribution in [3.63, 3.8) is 0 Å². The number of piperazine rings is 1. The molecule has 3 atom stereocenters. The van der Waals surface area contributed by atoms with Crippen molar-refractivity contribution in [3.05, 3.63) is 0 Å². The summed E-state index contributed by atoms with van der Waals surface area (Å²) in [5.74, 6) is -0.0591. The first-order valence-electron chi connectivity index (χ1n) is 7.27. The smallest absolute Gasteiger partial charge is 0.240 e. The van der Waals surface area contributed by atoms with Crippen molar-refractivity contribution in [1.29, 1.82) is 5.26 Å². The zero-order valence-electron chi connectivity index (χ0n) is 12.5. The van der Waals surface area contributed by atoms with Gasteiger partial charge in [-0.3, -0.25) is 19.8 Å². The summed E-state index contributed by atoms with van der Waals surface area (Å²) >= 11 is 0. The molecule has 1 aliphatic heterocycles. The van der Waals surface area contributed by atoms with Gasteiger partial charge in [0.25, 0.3) is 0 Å². The highest BCUT2D eigenvalue weighted by Gasteiger charge is 2.40. The van der Waals surface area contributed by atoms with Crippen LogP contribution in [0.2, 0.25) is 0 Å². The van der Waals surface area contributed by atoms with E-state index in [-0.39, 0.29) is 42.3 Å². The third-order valence-electron chi connectivity index (χ3n) is 4.65. The zero-order valence-corrected chi connectivity index (χ0v) is 12.5. The van der Waals surface area contributed by atoms with Crippen LogP contribution in [0.25, 0.3) is 0 Å². The molecule has 2 fully saturated rings. The maximum atomic E-state index is 11.5. The van der Waals surface area contributed by atoms with Crippen molar-refractivity contribution >= 4 is 11.8 Å². The lowest BCUT2D eigenvalue weighted by molar-refractivity contribution is -0.138. The number of imide groups is 1. The molecule has 0 aromatic heterocycles. The van der Waals surface area contributed by atoms with Gasteiger partial charge in [0.15, 0.2) is 0 Å². The van der Waals surface area contributed by atoms with Gasteiger partial charge in [0.1, 0.15) is 0 Å². The molecule has 1 aliphatic carbocycles. The number of nitrogens with zero attached hydrogens (tertiary/aromatic N) is 2. The second-order valence-corrected chi connectivity index (χ2v) is 7.06. The molecule has 1 heterocycles. The standard InChI is InChI=1S/C15H23N3O2/c1-15(2,3)11-5-4-10(7-16)12(6-11)18-8-13(19)17-14(20)9-18/h10-12H,4-6,8-9H2,1-3H3,(H,17,19,20). The molecule has 2 aliphatic rings. The highest BCUT2D eigenvalue weighted by Crippen LogP contribution is 2.41. The van der Waals surface area contributed by atoms with E-state index in [1.807, 2.05) is 4.90 Å². The van der Waals surface area contributed by atoms with E-state index in [2.05, 4.69) is 32.2 Å². The van der Waals surface area contributed by atoms with E-state index in [9.17, 15) is 14.9 Å². The molecule has 0 radical (unpaired) electrons. The number of carbonyl (C=O) groups is 2. The summed E-state index contributed by atoms with van der Waals surface area (Å²) < 4.78 is 0. The van der Waals surface area contributed by atoms with Crippen LogP contribution in [0.5, 0.6) is 0 Å². The second kappa shape index (κ2) is 5.53. The van der Waals surface area contributed by atoms with Crippen molar-refractivity contribution in [2.45, 2.75) is 46.1 Å². The molecule has 3 unspecified atom stereocenters. The van der Waals surface area contributed by atoms with Crippen LogP contribution in [0, 0.1) is 28.6 Å². The molecule has 5 nitrogen and oxygen atoms in total. The first kappa shape index (κ1) is 15.0. The van der Waals surface area contributed by atoms with Crippen molar-refractivity contribution in [1.82, 2.24) is 10.2 Å². The van der Waals surface area contributed by atoms with Crippen LogP contribution < -0.4 is 5.32 Å². The van der Waals surface area contributed by atoms with Gasteiger partial charge in [-0.1, -0.05) is 20.8 Å². The Morgan fingerprint density at radius 2 is 1.80 bits per heavy atom. The summed E-state index contributed by atoms with van der Waals surface area (Å²) in [6, 6.07) is 2.39. The van der Waals surface area contributed by atoms with Gasteiger partial charge in [-0.25, -0.2) is 0 Å². The maximum absolute atomic E-state index is 11.5. The van der Waals surface area contributed by atoms with Crippen molar-refractivity contribution in [2.75, 3.05) is 13.1 Å². The normalized spacial score (nSPS) is 32.6. The van der Waals surface area contributed by atoms with Gasteiger partial charge in [-0.15, -0.1) is 0 Å². The summed E-state index contributed by atoms with van der Waals surface area (Å²) in [5, 5.41) is 11.7. The van der Waals surface area contributed by atoms with Crippen LogP contribution in [0.4, 0.5) is 0 Å². The monoisotopic (exact) mass is 277 g/mol. The lowest BCUT2D eigenvalue weighted by Crippen LogP contribution is -2.57. The molecule has 0 bridgehead atoms. The number of nitrogens with one attached hydrogen (secondary N) is 1. The van der Waals surface area contributed by atoms with Gasteiger partial charge in [-0.05, 0) is 30.6 Å². The Balaban J connectivity index is 2.15. The van der Waals surface area contributed by atoms with E-state index in [1.165, 1.54) is 0 Å². The number of amides is 2.